The van der Waals surface area contributed by atoms with E-state index in [0.717, 1.165) is 5.56 Å². The molecule has 3 N–H and O–H groups in total. The quantitative estimate of drug-likeness (QED) is 0.500. The number of aliphatic hydroxyl groups is 2. The van der Waals surface area contributed by atoms with E-state index in [-0.39, 0.29) is 18.4 Å². The van der Waals surface area contributed by atoms with Gasteiger partial charge in [-0.15, -0.1) is 0 Å². The van der Waals surface area contributed by atoms with Crippen LogP contribution in [0, 0.1) is 0 Å². The normalized spacial score (nSPS) is 14.0. The summed E-state index contributed by atoms with van der Waals surface area (Å²) in [6, 6.07) is 11.9. The van der Waals surface area contributed by atoms with Crippen LogP contribution in [0.2, 0.25) is 5.02 Å². The first-order valence-corrected chi connectivity index (χ1v) is 10.6. The molecule has 0 bridgehead atoms. The molecule has 10 nitrogen and oxygen atoms in total. The van der Waals surface area contributed by atoms with Crippen molar-refractivity contribution in [2.24, 2.45) is 0 Å². The zero-order valence-corrected chi connectivity index (χ0v) is 18.3. The van der Waals surface area contributed by atoms with Crippen molar-refractivity contribution in [1.29, 1.82) is 0 Å². The van der Waals surface area contributed by atoms with Crippen molar-refractivity contribution in [2.45, 2.75) is 12.5 Å². The van der Waals surface area contributed by atoms with Gasteiger partial charge in [0.25, 0.3) is 0 Å². The first-order chi connectivity index (χ1) is 16.0. The molecule has 1 aliphatic rings. The zero-order valence-electron chi connectivity index (χ0n) is 17.5. The van der Waals surface area contributed by atoms with Crippen LogP contribution in [0.3, 0.4) is 0 Å². The van der Waals surface area contributed by atoms with E-state index in [4.69, 9.17) is 26.2 Å². The molecular formula is C22H22ClN5O5. The molecule has 1 aliphatic heterocycles. The standard InChI is InChI=1S/C22H22ClN5O5/c23-15-4-1-3-14(11-15)17-5-6-18-20(25-17)28(9-2-10-32-18)22(31)27-19-7-8-24-21(26-19)33-13-16(30)12-29/h1,3-8,11,16,29-30H,2,9-10,12-13H2,(H,24,26,27,31). The Hall–Kier alpha value is -3.47. The molecule has 0 saturated carbocycles. The summed E-state index contributed by atoms with van der Waals surface area (Å²) in [4.78, 5) is 27.4. The lowest BCUT2D eigenvalue weighted by Crippen LogP contribution is -2.36. The number of nitrogens with zero attached hydrogens (tertiary/aromatic N) is 4. The van der Waals surface area contributed by atoms with Crippen LogP contribution in [0.15, 0.2) is 48.7 Å². The number of hydrogen-bond donors (Lipinski definition) is 3. The average Bonchev–Trinajstić information content (AvgIpc) is 3.05. The highest BCUT2D eigenvalue weighted by Crippen LogP contribution is 2.33. The van der Waals surface area contributed by atoms with Crippen molar-refractivity contribution in [3.05, 3.63) is 53.7 Å². The fourth-order valence-electron chi connectivity index (χ4n) is 3.14. The van der Waals surface area contributed by atoms with Crippen molar-refractivity contribution in [3.63, 3.8) is 0 Å². The summed E-state index contributed by atoms with van der Waals surface area (Å²) in [6.45, 7) is 0.216. The first kappa shape index (κ1) is 22.7. The minimum Gasteiger partial charge on any atom is -0.490 e. The Morgan fingerprint density at radius 3 is 2.97 bits per heavy atom. The van der Waals surface area contributed by atoms with Crippen LogP contribution >= 0.6 is 11.6 Å². The first-order valence-electron chi connectivity index (χ1n) is 10.3. The number of carbonyl (C=O) groups is 1. The molecule has 0 saturated heterocycles. The Morgan fingerprint density at radius 2 is 2.15 bits per heavy atom. The highest BCUT2D eigenvalue weighted by atomic mass is 35.5. The number of urea groups is 1. The van der Waals surface area contributed by atoms with E-state index in [2.05, 4.69) is 20.3 Å². The van der Waals surface area contributed by atoms with E-state index in [1.54, 1.807) is 18.2 Å². The number of hydrogen-bond acceptors (Lipinski definition) is 8. The van der Waals surface area contributed by atoms with Gasteiger partial charge in [-0.05, 0) is 36.8 Å². The molecular weight excluding hydrogens is 450 g/mol. The average molecular weight is 472 g/mol. The van der Waals surface area contributed by atoms with Gasteiger partial charge in [0.05, 0.1) is 18.9 Å². The van der Waals surface area contributed by atoms with Gasteiger partial charge >= 0.3 is 12.0 Å². The van der Waals surface area contributed by atoms with Gasteiger partial charge in [-0.3, -0.25) is 10.2 Å². The topological polar surface area (TPSA) is 130 Å². The second-order valence-corrected chi connectivity index (χ2v) is 7.62. The molecule has 1 atom stereocenters. The van der Waals surface area contributed by atoms with Gasteiger partial charge in [0, 0.05) is 23.3 Å². The van der Waals surface area contributed by atoms with Crippen molar-refractivity contribution in [3.8, 4) is 23.0 Å². The lowest BCUT2D eigenvalue weighted by atomic mass is 10.1. The maximum atomic E-state index is 13.1. The SMILES string of the molecule is O=C(Nc1ccnc(OCC(O)CO)n1)N1CCCOc2ccc(-c3cccc(Cl)c3)nc21. The molecule has 0 aliphatic carbocycles. The van der Waals surface area contributed by atoms with E-state index < -0.39 is 18.7 Å². The van der Waals surface area contributed by atoms with Crippen LogP contribution in [0.4, 0.5) is 16.4 Å². The molecule has 0 radical (unpaired) electrons. The van der Waals surface area contributed by atoms with Crippen LogP contribution in [-0.2, 0) is 0 Å². The highest BCUT2D eigenvalue weighted by Gasteiger charge is 2.25. The number of halogens is 1. The van der Waals surface area contributed by atoms with E-state index in [1.807, 2.05) is 18.2 Å². The number of carbonyl (C=O) groups excluding carboxylic acids is 1. The van der Waals surface area contributed by atoms with E-state index >= 15 is 0 Å². The van der Waals surface area contributed by atoms with E-state index in [9.17, 15) is 9.90 Å². The summed E-state index contributed by atoms with van der Waals surface area (Å²) in [5.74, 6) is 1.10. The number of nitrogens with one attached hydrogen (secondary N) is 1. The molecule has 33 heavy (non-hydrogen) atoms. The zero-order chi connectivity index (χ0) is 23.2. The summed E-state index contributed by atoms with van der Waals surface area (Å²) >= 11 is 6.12. The number of benzene rings is 1. The maximum Gasteiger partial charge on any atom is 0.328 e. The monoisotopic (exact) mass is 471 g/mol. The second-order valence-electron chi connectivity index (χ2n) is 7.18. The van der Waals surface area contributed by atoms with Crippen molar-refractivity contribution in [2.75, 3.05) is 36.6 Å². The Labute approximate surface area is 194 Å². The summed E-state index contributed by atoms with van der Waals surface area (Å²) in [6.07, 6.45) is 0.978. The van der Waals surface area contributed by atoms with Crippen LogP contribution in [0.25, 0.3) is 11.3 Å². The molecule has 3 aromatic rings. The van der Waals surface area contributed by atoms with Gasteiger partial charge in [-0.1, -0.05) is 23.7 Å². The predicted molar refractivity (Wildman–Crippen MR) is 122 cm³/mol. The Balaban J connectivity index is 1.56. The number of fused-ring (bicyclic) bond motifs is 1. The number of aromatic nitrogens is 3. The molecule has 2 aromatic heterocycles. The van der Waals surface area contributed by atoms with Gasteiger partial charge in [-0.25, -0.2) is 14.8 Å². The van der Waals surface area contributed by atoms with Crippen LogP contribution in [-0.4, -0.2) is 63.7 Å². The third kappa shape index (κ3) is 5.67. The Bertz CT molecular complexity index is 1130. The maximum absolute atomic E-state index is 13.1. The Kier molecular flexibility index (Phi) is 7.18. The third-order valence-electron chi connectivity index (χ3n) is 4.73. The lowest BCUT2D eigenvalue weighted by molar-refractivity contribution is 0.0505. The summed E-state index contributed by atoms with van der Waals surface area (Å²) < 4.78 is 11.0. The van der Waals surface area contributed by atoms with Crippen molar-refractivity contribution in [1.82, 2.24) is 15.0 Å². The molecule has 0 fully saturated rings. The van der Waals surface area contributed by atoms with Crippen LogP contribution in [0.1, 0.15) is 6.42 Å². The largest absolute Gasteiger partial charge is 0.490 e. The molecule has 3 heterocycles. The summed E-state index contributed by atoms with van der Waals surface area (Å²) in [5, 5.41) is 21.6. The molecule has 2 amide bonds. The van der Waals surface area contributed by atoms with E-state index in [1.165, 1.54) is 17.2 Å². The Morgan fingerprint density at radius 1 is 1.27 bits per heavy atom. The number of anilines is 2. The van der Waals surface area contributed by atoms with Crippen LogP contribution < -0.4 is 19.7 Å². The number of ether oxygens (including phenoxy) is 2. The minimum absolute atomic E-state index is 0.0405. The summed E-state index contributed by atoms with van der Waals surface area (Å²) in [5.41, 5.74) is 1.47. The number of aliphatic hydroxyl groups excluding tert-OH is 2. The highest BCUT2D eigenvalue weighted by molar-refractivity contribution is 6.30. The fourth-order valence-corrected chi connectivity index (χ4v) is 3.33. The molecule has 1 unspecified atom stereocenters. The molecule has 0 spiro atoms. The van der Waals surface area contributed by atoms with Gasteiger partial charge in [0.1, 0.15) is 18.5 Å². The molecule has 1 aromatic carbocycles. The second kappa shape index (κ2) is 10.4. The molecule has 4 rings (SSSR count). The summed E-state index contributed by atoms with van der Waals surface area (Å²) in [7, 11) is 0. The van der Waals surface area contributed by atoms with Gasteiger partial charge in [-0.2, -0.15) is 4.98 Å². The fraction of sp³-hybridized carbons (Fsp3) is 0.273. The lowest BCUT2D eigenvalue weighted by Gasteiger charge is -2.21. The van der Waals surface area contributed by atoms with Gasteiger partial charge < -0.3 is 19.7 Å². The molecule has 11 heteroatoms. The number of amides is 2. The molecule has 172 valence electrons. The minimum atomic E-state index is -1.06. The van der Waals surface area contributed by atoms with Crippen LogP contribution in [0.5, 0.6) is 11.8 Å². The third-order valence-corrected chi connectivity index (χ3v) is 4.96. The smallest absolute Gasteiger partial charge is 0.328 e. The van der Waals surface area contributed by atoms with Crippen molar-refractivity contribution >= 4 is 29.3 Å². The predicted octanol–water partition coefficient (Wildman–Crippen LogP) is 2.75. The number of rotatable bonds is 6. The van der Waals surface area contributed by atoms with Gasteiger partial charge in [0.2, 0.25) is 0 Å². The van der Waals surface area contributed by atoms with Gasteiger partial charge in [0.15, 0.2) is 11.6 Å². The number of pyridine rings is 1. The van der Waals surface area contributed by atoms with E-state index in [0.29, 0.717) is 41.9 Å². The van der Waals surface area contributed by atoms with Crippen molar-refractivity contribution < 1.29 is 24.5 Å².